The van der Waals surface area contributed by atoms with E-state index < -0.39 is 0 Å². The van der Waals surface area contributed by atoms with Crippen LogP contribution in [0, 0.1) is 0 Å². The third kappa shape index (κ3) is 6.38. The van der Waals surface area contributed by atoms with E-state index >= 15 is 0 Å². The fourth-order valence-corrected chi connectivity index (χ4v) is 2.97. The average Bonchev–Trinajstić information content (AvgIpc) is 2.68. The van der Waals surface area contributed by atoms with E-state index in [1.807, 2.05) is 18.2 Å². The summed E-state index contributed by atoms with van der Waals surface area (Å²) in [6, 6.07) is 5.73. The number of likely N-dealkylation sites (N-methyl/N-ethyl adjacent to an activating group) is 1. The highest BCUT2D eigenvalue weighted by atomic mass is 16.5. The van der Waals surface area contributed by atoms with Crippen LogP contribution < -0.4 is 20.1 Å². The molecule has 1 fully saturated rings. The summed E-state index contributed by atoms with van der Waals surface area (Å²) >= 11 is 0. The molecule has 1 aromatic rings. The Morgan fingerprint density at radius 2 is 1.81 bits per heavy atom. The topological polar surface area (TPSA) is 61.4 Å². The molecule has 7 heteroatoms. The van der Waals surface area contributed by atoms with Crippen molar-refractivity contribution in [2.24, 2.45) is 4.99 Å². The van der Waals surface area contributed by atoms with Gasteiger partial charge in [-0.1, -0.05) is 0 Å². The molecule has 7 nitrogen and oxygen atoms in total. The standard InChI is InChI=1S/C19H33N5O2/c1-20-19(22-16-7-8-17(25-3)18(15-16)26-4)21-9-5-6-10-24-13-11-23(2)12-14-24/h7-8,15H,5-6,9-14H2,1-4H3,(H2,20,21,22). The van der Waals surface area contributed by atoms with Crippen molar-refractivity contribution in [2.75, 3.05) is 72.9 Å². The summed E-state index contributed by atoms with van der Waals surface area (Å²) in [5, 5.41) is 6.66. The lowest BCUT2D eigenvalue weighted by atomic mass is 10.2. The number of anilines is 1. The molecular formula is C19H33N5O2. The van der Waals surface area contributed by atoms with E-state index in [9.17, 15) is 0 Å². The first-order valence-electron chi connectivity index (χ1n) is 9.27. The van der Waals surface area contributed by atoms with Crippen molar-refractivity contribution in [1.82, 2.24) is 15.1 Å². The second kappa shape index (κ2) is 10.9. The van der Waals surface area contributed by atoms with Crippen molar-refractivity contribution >= 4 is 11.6 Å². The van der Waals surface area contributed by atoms with Gasteiger partial charge in [0.05, 0.1) is 14.2 Å². The van der Waals surface area contributed by atoms with Gasteiger partial charge in [0.1, 0.15) is 0 Å². The molecule has 0 bridgehead atoms. The predicted octanol–water partition coefficient (Wildman–Crippen LogP) is 1.72. The van der Waals surface area contributed by atoms with Gasteiger partial charge in [-0.05, 0) is 38.6 Å². The highest BCUT2D eigenvalue weighted by molar-refractivity contribution is 5.93. The molecule has 26 heavy (non-hydrogen) atoms. The summed E-state index contributed by atoms with van der Waals surface area (Å²) in [5.41, 5.74) is 0.910. The van der Waals surface area contributed by atoms with Gasteiger partial charge in [-0.3, -0.25) is 4.99 Å². The van der Waals surface area contributed by atoms with Crippen LogP contribution in [0.3, 0.4) is 0 Å². The number of piperazine rings is 1. The summed E-state index contributed by atoms with van der Waals surface area (Å²) in [6.07, 6.45) is 2.32. The molecule has 0 saturated carbocycles. The Labute approximate surface area is 157 Å². The van der Waals surface area contributed by atoms with E-state index in [1.54, 1.807) is 21.3 Å². The van der Waals surface area contributed by atoms with Crippen LogP contribution in [0.2, 0.25) is 0 Å². The Kier molecular flexibility index (Phi) is 8.50. The van der Waals surface area contributed by atoms with Crippen LogP contribution in [0.15, 0.2) is 23.2 Å². The molecule has 1 saturated heterocycles. The number of methoxy groups -OCH3 is 2. The molecule has 1 heterocycles. The number of aliphatic imine (C=N–C) groups is 1. The maximum Gasteiger partial charge on any atom is 0.195 e. The first kappa shape index (κ1) is 20.3. The van der Waals surface area contributed by atoms with Gasteiger partial charge in [0, 0.05) is 51.5 Å². The van der Waals surface area contributed by atoms with E-state index in [-0.39, 0.29) is 0 Å². The van der Waals surface area contributed by atoms with Gasteiger partial charge >= 0.3 is 0 Å². The molecule has 0 spiro atoms. The number of unbranched alkanes of at least 4 members (excludes halogenated alkanes) is 1. The molecule has 0 aromatic heterocycles. The van der Waals surface area contributed by atoms with Crippen LogP contribution >= 0.6 is 0 Å². The van der Waals surface area contributed by atoms with Crippen molar-refractivity contribution in [1.29, 1.82) is 0 Å². The fraction of sp³-hybridized carbons (Fsp3) is 0.632. The summed E-state index contributed by atoms with van der Waals surface area (Å²) in [7, 11) is 7.24. The van der Waals surface area contributed by atoms with Crippen LogP contribution in [0.1, 0.15) is 12.8 Å². The van der Waals surface area contributed by atoms with Crippen molar-refractivity contribution < 1.29 is 9.47 Å². The van der Waals surface area contributed by atoms with Gasteiger partial charge in [0.15, 0.2) is 17.5 Å². The number of guanidine groups is 1. The minimum atomic E-state index is 0.695. The van der Waals surface area contributed by atoms with Gasteiger partial charge in [-0.2, -0.15) is 0 Å². The minimum absolute atomic E-state index is 0.695. The zero-order valence-electron chi connectivity index (χ0n) is 16.5. The number of rotatable bonds is 8. The lowest BCUT2D eigenvalue weighted by Crippen LogP contribution is -2.44. The lowest BCUT2D eigenvalue weighted by Gasteiger charge is -2.32. The largest absolute Gasteiger partial charge is 0.493 e. The molecule has 1 aromatic carbocycles. The normalized spacial score (nSPS) is 16.4. The van der Waals surface area contributed by atoms with Gasteiger partial charge in [0.2, 0.25) is 0 Å². The molecule has 0 aliphatic carbocycles. The van der Waals surface area contributed by atoms with E-state index in [1.165, 1.54) is 39.1 Å². The zero-order valence-corrected chi connectivity index (χ0v) is 16.5. The number of nitrogens with zero attached hydrogens (tertiary/aromatic N) is 3. The Hall–Kier alpha value is -1.99. The second-order valence-corrected chi connectivity index (χ2v) is 6.55. The van der Waals surface area contributed by atoms with Crippen molar-refractivity contribution in [3.63, 3.8) is 0 Å². The monoisotopic (exact) mass is 363 g/mol. The van der Waals surface area contributed by atoms with E-state index in [0.29, 0.717) is 11.5 Å². The number of benzene rings is 1. The smallest absolute Gasteiger partial charge is 0.195 e. The average molecular weight is 364 g/mol. The molecule has 146 valence electrons. The van der Waals surface area contributed by atoms with Gasteiger partial charge in [-0.25, -0.2) is 0 Å². The lowest BCUT2D eigenvalue weighted by molar-refractivity contribution is 0.152. The molecule has 1 aliphatic rings. The van der Waals surface area contributed by atoms with E-state index in [4.69, 9.17) is 9.47 Å². The number of hydrogen-bond donors (Lipinski definition) is 2. The fourth-order valence-electron chi connectivity index (χ4n) is 2.97. The second-order valence-electron chi connectivity index (χ2n) is 6.55. The number of ether oxygens (including phenoxy) is 2. The number of nitrogens with one attached hydrogen (secondary N) is 2. The quantitative estimate of drug-likeness (QED) is 0.417. The molecule has 1 aliphatic heterocycles. The molecule has 0 amide bonds. The number of hydrogen-bond acceptors (Lipinski definition) is 5. The molecule has 0 unspecified atom stereocenters. The Morgan fingerprint density at radius 1 is 1.08 bits per heavy atom. The molecule has 0 atom stereocenters. The third-order valence-corrected chi connectivity index (χ3v) is 4.66. The van der Waals surface area contributed by atoms with Crippen molar-refractivity contribution in [3.05, 3.63) is 18.2 Å². The van der Waals surface area contributed by atoms with Crippen LogP contribution in [-0.2, 0) is 0 Å². The van der Waals surface area contributed by atoms with Crippen molar-refractivity contribution in [2.45, 2.75) is 12.8 Å². The highest BCUT2D eigenvalue weighted by Gasteiger charge is 2.12. The molecule has 0 radical (unpaired) electrons. The van der Waals surface area contributed by atoms with Crippen LogP contribution in [-0.4, -0.2) is 83.3 Å². The summed E-state index contributed by atoms with van der Waals surface area (Å²) in [5.74, 6) is 2.17. The predicted molar refractivity (Wildman–Crippen MR) is 108 cm³/mol. The summed E-state index contributed by atoms with van der Waals surface area (Å²) in [6.45, 7) is 6.82. The van der Waals surface area contributed by atoms with Crippen LogP contribution in [0.4, 0.5) is 5.69 Å². The molecule has 2 N–H and O–H groups in total. The van der Waals surface area contributed by atoms with Crippen LogP contribution in [0.5, 0.6) is 11.5 Å². The zero-order chi connectivity index (χ0) is 18.8. The van der Waals surface area contributed by atoms with Crippen LogP contribution in [0.25, 0.3) is 0 Å². The Balaban J connectivity index is 1.69. The van der Waals surface area contributed by atoms with Gasteiger partial charge in [-0.15, -0.1) is 0 Å². The Morgan fingerprint density at radius 3 is 2.46 bits per heavy atom. The van der Waals surface area contributed by atoms with Gasteiger partial charge in [0.25, 0.3) is 0 Å². The maximum absolute atomic E-state index is 5.34. The van der Waals surface area contributed by atoms with Gasteiger partial charge < -0.3 is 29.9 Å². The third-order valence-electron chi connectivity index (χ3n) is 4.66. The summed E-state index contributed by atoms with van der Waals surface area (Å²) in [4.78, 5) is 9.23. The molecule has 2 rings (SSSR count). The highest BCUT2D eigenvalue weighted by Crippen LogP contribution is 2.29. The first-order valence-corrected chi connectivity index (χ1v) is 9.27. The van der Waals surface area contributed by atoms with E-state index in [0.717, 1.165) is 24.6 Å². The Bertz CT molecular complexity index is 571. The summed E-state index contributed by atoms with van der Waals surface area (Å²) < 4.78 is 10.6. The minimum Gasteiger partial charge on any atom is -0.493 e. The molecular weight excluding hydrogens is 330 g/mol. The SMILES string of the molecule is CN=C(NCCCCN1CCN(C)CC1)Nc1ccc(OC)c(OC)c1. The first-order chi connectivity index (χ1) is 12.7. The maximum atomic E-state index is 5.34. The van der Waals surface area contributed by atoms with Crippen molar-refractivity contribution in [3.8, 4) is 11.5 Å². The van der Waals surface area contributed by atoms with E-state index in [2.05, 4.69) is 32.5 Å².